The fourth-order valence-corrected chi connectivity index (χ4v) is 1.46. The molecule has 0 aliphatic carbocycles. The van der Waals surface area contributed by atoms with Gasteiger partial charge in [-0.05, 0) is 30.4 Å². The highest BCUT2D eigenvalue weighted by atomic mass is 79.9. The van der Waals surface area contributed by atoms with Crippen LogP contribution in [-0.4, -0.2) is 9.81 Å². The summed E-state index contributed by atoms with van der Waals surface area (Å²) in [5.41, 5.74) is 2.51. The van der Waals surface area contributed by atoms with E-state index < -0.39 is 0 Å². The molecule has 1 rings (SSSR count). The number of aryl methyl sites for hydroxylation is 1. The molecule has 2 unspecified atom stereocenters. The van der Waals surface area contributed by atoms with E-state index in [4.69, 9.17) is 0 Å². The second-order valence-corrected chi connectivity index (χ2v) is 5.31. The van der Waals surface area contributed by atoms with Gasteiger partial charge in [-0.3, -0.25) is 4.98 Å². The van der Waals surface area contributed by atoms with Gasteiger partial charge in [-0.2, -0.15) is 0 Å². The molecule has 0 spiro atoms. The molecule has 0 bridgehead atoms. The number of rotatable bonds is 4. The smallest absolute Gasteiger partial charge is 0.0406 e. The number of hydrogen-bond donors (Lipinski definition) is 0. The summed E-state index contributed by atoms with van der Waals surface area (Å²) < 4.78 is 0. The Kier molecular flexibility index (Phi) is 4.59. The Balaban J connectivity index is 2.59. The lowest BCUT2D eigenvalue weighted by atomic mass is 10.0. The van der Waals surface area contributed by atoms with Crippen molar-refractivity contribution in [3.63, 3.8) is 0 Å². The highest BCUT2D eigenvalue weighted by Gasteiger charge is 2.09. The van der Waals surface area contributed by atoms with Crippen LogP contribution in [0.5, 0.6) is 0 Å². The van der Waals surface area contributed by atoms with Crippen LogP contribution in [0.1, 0.15) is 32.0 Å². The highest BCUT2D eigenvalue weighted by molar-refractivity contribution is 9.09. The molecule has 2 heteroatoms. The first-order valence-electron chi connectivity index (χ1n) is 5.21. The molecule has 0 saturated heterocycles. The van der Waals surface area contributed by atoms with Crippen molar-refractivity contribution in [1.82, 2.24) is 4.98 Å². The molecule has 1 nitrogen and oxygen atoms in total. The SMILES string of the molecule is CCc1ccc(CC(C)C(C)Br)nc1. The molecule has 78 valence electrons. The summed E-state index contributed by atoms with van der Waals surface area (Å²) in [6.07, 6.45) is 4.11. The third kappa shape index (κ3) is 3.41. The number of aromatic nitrogens is 1. The van der Waals surface area contributed by atoms with Gasteiger partial charge in [0, 0.05) is 16.7 Å². The van der Waals surface area contributed by atoms with Crippen LogP contribution in [0.15, 0.2) is 18.3 Å². The first kappa shape index (κ1) is 11.7. The predicted octanol–water partition coefficient (Wildman–Crippen LogP) is 3.61. The van der Waals surface area contributed by atoms with E-state index in [1.807, 2.05) is 6.20 Å². The molecule has 1 aromatic heterocycles. The van der Waals surface area contributed by atoms with E-state index in [1.54, 1.807) is 0 Å². The van der Waals surface area contributed by atoms with Gasteiger partial charge in [0.05, 0.1) is 0 Å². The first-order chi connectivity index (χ1) is 6.63. The Hall–Kier alpha value is -0.370. The Bertz CT molecular complexity index is 266. The van der Waals surface area contributed by atoms with Gasteiger partial charge in [-0.1, -0.05) is 42.8 Å². The van der Waals surface area contributed by atoms with Crippen LogP contribution in [0.4, 0.5) is 0 Å². The van der Waals surface area contributed by atoms with Gasteiger partial charge in [0.1, 0.15) is 0 Å². The number of nitrogens with zero attached hydrogens (tertiary/aromatic N) is 1. The predicted molar refractivity (Wildman–Crippen MR) is 64.9 cm³/mol. The quantitative estimate of drug-likeness (QED) is 0.750. The molecule has 1 aromatic rings. The van der Waals surface area contributed by atoms with E-state index in [9.17, 15) is 0 Å². The molecule has 0 aliphatic rings. The fraction of sp³-hybridized carbons (Fsp3) is 0.583. The van der Waals surface area contributed by atoms with Gasteiger partial charge < -0.3 is 0 Å². The van der Waals surface area contributed by atoms with E-state index in [1.165, 1.54) is 11.3 Å². The number of halogens is 1. The van der Waals surface area contributed by atoms with E-state index in [-0.39, 0.29) is 0 Å². The summed E-state index contributed by atoms with van der Waals surface area (Å²) in [5.74, 6) is 0.634. The Morgan fingerprint density at radius 3 is 2.50 bits per heavy atom. The average Bonchev–Trinajstić information content (AvgIpc) is 2.19. The zero-order valence-corrected chi connectivity index (χ0v) is 10.7. The third-order valence-corrected chi connectivity index (χ3v) is 3.51. The normalized spacial score (nSPS) is 15.1. The minimum Gasteiger partial charge on any atom is -0.261 e. The van der Waals surface area contributed by atoms with Gasteiger partial charge in [-0.15, -0.1) is 0 Å². The Morgan fingerprint density at radius 2 is 2.07 bits per heavy atom. The zero-order valence-electron chi connectivity index (χ0n) is 9.13. The van der Waals surface area contributed by atoms with Crippen LogP contribution in [0.2, 0.25) is 0 Å². The van der Waals surface area contributed by atoms with Crippen molar-refractivity contribution in [2.24, 2.45) is 5.92 Å². The topological polar surface area (TPSA) is 12.9 Å². The largest absolute Gasteiger partial charge is 0.261 e. The van der Waals surface area contributed by atoms with E-state index in [2.05, 4.69) is 53.8 Å². The minimum atomic E-state index is 0.551. The summed E-state index contributed by atoms with van der Waals surface area (Å²) in [4.78, 5) is 5.00. The highest BCUT2D eigenvalue weighted by Crippen LogP contribution is 2.16. The summed E-state index contributed by atoms with van der Waals surface area (Å²) in [6, 6.07) is 4.32. The molecule has 1 heterocycles. The van der Waals surface area contributed by atoms with E-state index in [0.717, 1.165) is 12.8 Å². The van der Waals surface area contributed by atoms with Gasteiger partial charge in [0.15, 0.2) is 0 Å². The summed E-state index contributed by atoms with van der Waals surface area (Å²) in [7, 11) is 0. The van der Waals surface area contributed by atoms with Crippen LogP contribution < -0.4 is 0 Å². The molecule has 0 aliphatic heterocycles. The minimum absolute atomic E-state index is 0.551. The van der Waals surface area contributed by atoms with Crippen molar-refractivity contribution in [3.8, 4) is 0 Å². The summed E-state index contributed by atoms with van der Waals surface area (Å²) >= 11 is 3.60. The maximum absolute atomic E-state index is 4.45. The van der Waals surface area contributed by atoms with Crippen LogP contribution >= 0.6 is 15.9 Å². The Labute approximate surface area is 95.1 Å². The maximum Gasteiger partial charge on any atom is 0.0406 e. The molecule has 0 saturated carbocycles. The van der Waals surface area contributed by atoms with Crippen molar-refractivity contribution in [2.75, 3.05) is 0 Å². The van der Waals surface area contributed by atoms with Gasteiger partial charge >= 0.3 is 0 Å². The van der Waals surface area contributed by atoms with Gasteiger partial charge in [0.2, 0.25) is 0 Å². The second kappa shape index (κ2) is 5.50. The second-order valence-electron chi connectivity index (χ2n) is 3.87. The first-order valence-corrected chi connectivity index (χ1v) is 6.13. The molecule has 0 amide bonds. The Morgan fingerprint density at radius 1 is 1.36 bits per heavy atom. The van der Waals surface area contributed by atoms with Crippen molar-refractivity contribution in [3.05, 3.63) is 29.6 Å². The van der Waals surface area contributed by atoms with Crippen molar-refractivity contribution >= 4 is 15.9 Å². The molecule has 0 N–H and O–H groups in total. The van der Waals surface area contributed by atoms with Crippen LogP contribution in [0, 0.1) is 5.92 Å². The monoisotopic (exact) mass is 255 g/mol. The lowest BCUT2D eigenvalue weighted by Gasteiger charge is -2.13. The van der Waals surface area contributed by atoms with Crippen LogP contribution in [0.25, 0.3) is 0 Å². The molecular weight excluding hydrogens is 238 g/mol. The van der Waals surface area contributed by atoms with Gasteiger partial charge in [0.25, 0.3) is 0 Å². The van der Waals surface area contributed by atoms with Crippen LogP contribution in [-0.2, 0) is 12.8 Å². The summed E-state index contributed by atoms with van der Waals surface area (Å²) in [5, 5.41) is 0. The molecule has 14 heavy (non-hydrogen) atoms. The lowest BCUT2D eigenvalue weighted by Crippen LogP contribution is -2.10. The molecule has 0 fully saturated rings. The summed E-state index contributed by atoms with van der Waals surface area (Å²) in [6.45, 7) is 6.58. The van der Waals surface area contributed by atoms with Crippen LogP contribution in [0.3, 0.4) is 0 Å². The molecule has 0 radical (unpaired) electrons. The maximum atomic E-state index is 4.45. The van der Waals surface area contributed by atoms with Crippen molar-refractivity contribution in [2.45, 2.75) is 38.4 Å². The average molecular weight is 256 g/mol. The standard InChI is InChI=1S/C12H18BrN/c1-4-11-5-6-12(14-8-11)7-9(2)10(3)13/h5-6,8-10H,4,7H2,1-3H3. The number of alkyl halides is 1. The lowest BCUT2D eigenvalue weighted by molar-refractivity contribution is 0.572. The number of hydrogen-bond acceptors (Lipinski definition) is 1. The van der Waals surface area contributed by atoms with Crippen molar-refractivity contribution in [1.29, 1.82) is 0 Å². The fourth-order valence-electron chi connectivity index (χ4n) is 1.28. The van der Waals surface area contributed by atoms with Crippen molar-refractivity contribution < 1.29 is 0 Å². The zero-order chi connectivity index (χ0) is 10.6. The molecule has 0 aromatic carbocycles. The number of pyridine rings is 1. The van der Waals surface area contributed by atoms with E-state index >= 15 is 0 Å². The van der Waals surface area contributed by atoms with Gasteiger partial charge in [-0.25, -0.2) is 0 Å². The van der Waals surface area contributed by atoms with E-state index in [0.29, 0.717) is 10.7 Å². The molecular formula is C12H18BrN. The molecule has 2 atom stereocenters. The third-order valence-electron chi connectivity index (χ3n) is 2.61.